The first kappa shape index (κ1) is 7.54. The van der Waals surface area contributed by atoms with Crippen LogP contribution in [0.1, 0.15) is 38.9 Å². The summed E-state index contributed by atoms with van der Waals surface area (Å²) in [7, 11) is 0. The molecule has 0 N–H and O–H groups in total. The van der Waals surface area contributed by atoms with Crippen LogP contribution in [0.25, 0.3) is 0 Å². The van der Waals surface area contributed by atoms with E-state index in [1.165, 1.54) is 25.7 Å². The first-order chi connectivity index (χ1) is 6.17. The molecule has 0 aromatic carbocycles. The summed E-state index contributed by atoms with van der Waals surface area (Å²) in [6.45, 7) is 4.64. The molecule has 3 heteroatoms. The van der Waals surface area contributed by atoms with Crippen molar-refractivity contribution >= 4 is 0 Å². The van der Waals surface area contributed by atoms with Gasteiger partial charge in [0, 0.05) is 5.41 Å². The quantitative estimate of drug-likeness (QED) is 0.696. The molecule has 0 spiro atoms. The van der Waals surface area contributed by atoms with Crippen molar-refractivity contribution in [1.29, 1.82) is 0 Å². The van der Waals surface area contributed by atoms with Crippen LogP contribution in [0.15, 0.2) is 10.9 Å². The molecule has 1 aromatic rings. The first-order valence-corrected chi connectivity index (χ1v) is 4.94. The molecule has 13 heavy (non-hydrogen) atoms. The minimum absolute atomic E-state index is 0.317. The Morgan fingerprint density at radius 2 is 2.08 bits per heavy atom. The van der Waals surface area contributed by atoms with Crippen LogP contribution in [0.4, 0.5) is 0 Å². The largest absolute Gasteiger partial charge is 0.343 e. The van der Waals surface area contributed by atoms with Gasteiger partial charge in [-0.15, -0.1) is 0 Å². The predicted octanol–water partition coefficient (Wildman–Crippen LogP) is 2.15. The highest BCUT2D eigenvalue weighted by Gasteiger charge is 2.70. The molecule has 3 saturated carbocycles. The predicted molar refractivity (Wildman–Crippen MR) is 47.1 cm³/mol. The molecule has 0 saturated heterocycles. The smallest absolute Gasteiger partial charge is 0.213 e. The molecule has 2 bridgehead atoms. The summed E-state index contributed by atoms with van der Waals surface area (Å²) in [4.78, 5) is 4.16. The molecule has 70 valence electrons. The van der Waals surface area contributed by atoms with Crippen molar-refractivity contribution in [1.82, 2.24) is 10.1 Å². The molecule has 1 heterocycles. The standard InChI is InChI=1S/C10H14N2O/c1-7(2)9-3-10(4-9,5-9)8-11-6-13-12-8/h6-7H,3-5H2,1-2H3. The van der Waals surface area contributed by atoms with Gasteiger partial charge in [-0.2, -0.15) is 4.98 Å². The average Bonchev–Trinajstić information content (AvgIpc) is 2.31. The van der Waals surface area contributed by atoms with Crippen LogP contribution in [0.2, 0.25) is 0 Å². The second-order valence-corrected chi connectivity index (χ2v) is 5.08. The Morgan fingerprint density at radius 3 is 2.54 bits per heavy atom. The fraction of sp³-hybridized carbons (Fsp3) is 0.800. The molecule has 0 radical (unpaired) electrons. The maximum Gasteiger partial charge on any atom is 0.213 e. The van der Waals surface area contributed by atoms with Crippen LogP contribution in [-0.2, 0) is 5.41 Å². The Bertz CT molecular complexity index is 309. The molecule has 4 rings (SSSR count). The molecular weight excluding hydrogens is 164 g/mol. The highest BCUT2D eigenvalue weighted by atomic mass is 16.5. The Morgan fingerprint density at radius 1 is 1.38 bits per heavy atom. The van der Waals surface area contributed by atoms with Gasteiger partial charge in [0.15, 0.2) is 5.82 Å². The molecule has 0 atom stereocenters. The van der Waals surface area contributed by atoms with E-state index in [0.717, 1.165) is 11.7 Å². The molecule has 0 amide bonds. The van der Waals surface area contributed by atoms with E-state index in [0.29, 0.717) is 10.8 Å². The van der Waals surface area contributed by atoms with Gasteiger partial charge in [0.25, 0.3) is 0 Å². The van der Waals surface area contributed by atoms with Crippen molar-refractivity contribution < 1.29 is 4.52 Å². The normalized spacial score (nSPS) is 41.5. The van der Waals surface area contributed by atoms with E-state index in [-0.39, 0.29) is 0 Å². The lowest BCUT2D eigenvalue weighted by Crippen LogP contribution is -2.67. The lowest BCUT2D eigenvalue weighted by atomic mass is 9.32. The first-order valence-electron chi connectivity index (χ1n) is 4.94. The molecule has 0 unspecified atom stereocenters. The van der Waals surface area contributed by atoms with Crippen LogP contribution < -0.4 is 0 Å². The third-order valence-corrected chi connectivity index (χ3v) is 4.13. The Balaban J connectivity index is 1.81. The third-order valence-electron chi connectivity index (χ3n) is 4.13. The van der Waals surface area contributed by atoms with Crippen molar-refractivity contribution in [2.75, 3.05) is 0 Å². The minimum Gasteiger partial charge on any atom is -0.343 e. The van der Waals surface area contributed by atoms with Crippen LogP contribution >= 0.6 is 0 Å². The number of hydrogen-bond donors (Lipinski definition) is 0. The maximum absolute atomic E-state index is 4.79. The molecule has 1 aromatic heterocycles. The summed E-state index contributed by atoms with van der Waals surface area (Å²) in [6.07, 6.45) is 5.27. The molecule has 3 nitrogen and oxygen atoms in total. The lowest BCUT2D eigenvalue weighted by molar-refractivity contribution is -0.177. The Hall–Kier alpha value is -0.860. The molecule has 3 fully saturated rings. The van der Waals surface area contributed by atoms with Crippen LogP contribution in [0.3, 0.4) is 0 Å². The highest BCUT2D eigenvalue weighted by Crippen LogP contribution is 2.75. The molecular formula is C10H14N2O. The van der Waals surface area contributed by atoms with E-state index in [2.05, 4.69) is 24.0 Å². The third kappa shape index (κ3) is 0.713. The van der Waals surface area contributed by atoms with Gasteiger partial charge < -0.3 is 4.52 Å². The van der Waals surface area contributed by atoms with Gasteiger partial charge in [0.05, 0.1) is 0 Å². The van der Waals surface area contributed by atoms with Gasteiger partial charge in [-0.25, -0.2) is 0 Å². The summed E-state index contributed by atoms with van der Waals surface area (Å²) < 4.78 is 4.79. The van der Waals surface area contributed by atoms with E-state index < -0.39 is 0 Å². The summed E-state index contributed by atoms with van der Waals surface area (Å²) in [5, 5.41) is 3.95. The summed E-state index contributed by atoms with van der Waals surface area (Å²) in [5.74, 6) is 1.75. The van der Waals surface area contributed by atoms with Crippen molar-refractivity contribution in [3.63, 3.8) is 0 Å². The Labute approximate surface area is 77.5 Å². The van der Waals surface area contributed by atoms with Crippen molar-refractivity contribution in [2.45, 2.75) is 38.5 Å². The summed E-state index contributed by atoms with van der Waals surface area (Å²) >= 11 is 0. The zero-order chi connectivity index (χ0) is 9.10. The van der Waals surface area contributed by atoms with Gasteiger partial charge in [-0.05, 0) is 30.6 Å². The van der Waals surface area contributed by atoms with Crippen molar-refractivity contribution in [2.24, 2.45) is 11.3 Å². The highest BCUT2D eigenvalue weighted by molar-refractivity contribution is 5.30. The summed E-state index contributed by atoms with van der Waals surface area (Å²) in [6, 6.07) is 0. The second-order valence-electron chi connectivity index (χ2n) is 5.08. The van der Waals surface area contributed by atoms with Crippen molar-refractivity contribution in [3.05, 3.63) is 12.2 Å². The minimum atomic E-state index is 0.317. The van der Waals surface area contributed by atoms with Gasteiger partial charge in [0.2, 0.25) is 6.39 Å². The SMILES string of the molecule is CC(C)C12CC(c3ncon3)(C1)C2. The second kappa shape index (κ2) is 1.97. The topological polar surface area (TPSA) is 38.9 Å². The van der Waals surface area contributed by atoms with Gasteiger partial charge in [-0.3, -0.25) is 0 Å². The van der Waals surface area contributed by atoms with Gasteiger partial charge in [0.1, 0.15) is 0 Å². The zero-order valence-electron chi connectivity index (χ0n) is 8.08. The van der Waals surface area contributed by atoms with E-state index in [4.69, 9.17) is 4.52 Å². The fourth-order valence-corrected chi connectivity index (χ4v) is 3.12. The fourth-order valence-electron chi connectivity index (χ4n) is 3.12. The van der Waals surface area contributed by atoms with E-state index in [1.807, 2.05) is 0 Å². The zero-order valence-corrected chi connectivity index (χ0v) is 8.08. The maximum atomic E-state index is 4.79. The van der Waals surface area contributed by atoms with Crippen LogP contribution in [-0.4, -0.2) is 10.1 Å². The Kier molecular flexibility index (Phi) is 1.14. The number of hydrogen-bond acceptors (Lipinski definition) is 3. The number of aromatic nitrogens is 2. The lowest BCUT2D eigenvalue weighted by Gasteiger charge is -2.71. The van der Waals surface area contributed by atoms with Crippen LogP contribution in [0.5, 0.6) is 0 Å². The van der Waals surface area contributed by atoms with Crippen LogP contribution in [0, 0.1) is 11.3 Å². The molecule has 3 aliphatic rings. The van der Waals surface area contributed by atoms with E-state index in [9.17, 15) is 0 Å². The average molecular weight is 178 g/mol. The van der Waals surface area contributed by atoms with Gasteiger partial charge >= 0.3 is 0 Å². The summed E-state index contributed by atoms with van der Waals surface area (Å²) in [5.41, 5.74) is 0.942. The molecule has 3 aliphatic carbocycles. The monoisotopic (exact) mass is 178 g/mol. The number of nitrogens with zero attached hydrogens (tertiary/aromatic N) is 2. The number of rotatable bonds is 2. The van der Waals surface area contributed by atoms with Gasteiger partial charge in [-0.1, -0.05) is 19.0 Å². The van der Waals surface area contributed by atoms with E-state index >= 15 is 0 Å². The van der Waals surface area contributed by atoms with E-state index in [1.54, 1.807) is 0 Å². The van der Waals surface area contributed by atoms with Crippen molar-refractivity contribution in [3.8, 4) is 0 Å². The molecule has 0 aliphatic heterocycles.